The molecule has 21 heteroatoms. The summed E-state index contributed by atoms with van der Waals surface area (Å²) in [7, 11) is 6.12. The first-order valence-corrected chi connectivity index (χ1v) is 30.4. The smallest absolute Gasteiger partial charge is 0.410 e. The Morgan fingerprint density at radius 2 is 1.43 bits per heavy atom. The number of hydrogen-bond donors (Lipinski definition) is 6. The fraction of sp³-hybridized carbons (Fsp3) is 0.646. The van der Waals surface area contributed by atoms with Gasteiger partial charge in [-0.1, -0.05) is 123 Å². The number of likely N-dealkylation sites (N-methyl/N-ethyl adjacent to an activating group) is 2. The van der Waals surface area contributed by atoms with Crippen molar-refractivity contribution in [3.05, 3.63) is 71.3 Å². The fourth-order valence-electron chi connectivity index (χ4n) is 11.3. The Kier molecular flexibility index (Phi) is 31.0. The molecule has 1 saturated heterocycles. The second kappa shape index (κ2) is 36.3. The standard InChI is InChI=1S/C65H100N8O13/c1-16-18-26-48(74)36-49(39(3)4)61(79)69-50(27-22-33-67-64(66)82)52(75)35-45-29-31-46(32-30-45)38-86-65(83)72(13)56(41(7)8)62(80)70-55(40(5)6)63(81)71(12)57(42(9)17-2)53(84-14)37-54(76)73-34-23-28-51(73)59(85-15)43(10)60(78)68-44(11)58(77)47-24-20-19-21-25-47/h1,19-21,24-25,29-32,39-44,49-51,53,55-59,77H,17-18,22-23,26-28,33-38H2,2-15H3,(H,68,78)(H,69,79)(H,70,80)(H3,66,67,82)/t42-,43+,44+,49+,50+,51?,53+,55-,56-,57-,58+,59+/m1/s1. The summed E-state index contributed by atoms with van der Waals surface area (Å²) in [5, 5.41) is 22.2. The molecular formula is C65H100N8O13. The Balaban J connectivity index is 1.71. The lowest BCUT2D eigenvalue weighted by molar-refractivity contribution is -0.148. The third-order valence-corrected chi connectivity index (χ3v) is 16.7. The number of amides is 8. The summed E-state index contributed by atoms with van der Waals surface area (Å²) in [6.45, 7) is 18.7. The summed E-state index contributed by atoms with van der Waals surface area (Å²) in [6.07, 6.45) is 4.91. The molecule has 1 heterocycles. The van der Waals surface area contributed by atoms with Crippen molar-refractivity contribution in [2.24, 2.45) is 41.2 Å². The number of nitrogens with one attached hydrogen (secondary N) is 4. The maximum atomic E-state index is 14.8. The van der Waals surface area contributed by atoms with Crippen LogP contribution in [0.1, 0.15) is 150 Å². The molecule has 21 nitrogen and oxygen atoms in total. The van der Waals surface area contributed by atoms with E-state index in [4.69, 9.17) is 26.4 Å². The monoisotopic (exact) mass is 1200 g/mol. The number of urea groups is 1. The van der Waals surface area contributed by atoms with E-state index in [9.17, 15) is 48.3 Å². The summed E-state index contributed by atoms with van der Waals surface area (Å²) in [6, 6.07) is 10.5. The van der Waals surface area contributed by atoms with Crippen LogP contribution in [0.4, 0.5) is 9.59 Å². The van der Waals surface area contributed by atoms with Gasteiger partial charge >= 0.3 is 12.1 Å². The predicted molar refractivity (Wildman–Crippen MR) is 328 cm³/mol. The molecule has 8 amide bonds. The van der Waals surface area contributed by atoms with Crippen LogP contribution < -0.4 is 27.0 Å². The number of carbonyl (C=O) groups excluding carboxylic acids is 9. The maximum absolute atomic E-state index is 14.8. The first-order chi connectivity index (χ1) is 40.6. The van der Waals surface area contributed by atoms with Crippen LogP contribution in [0.2, 0.25) is 0 Å². The van der Waals surface area contributed by atoms with Crippen molar-refractivity contribution < 1.29 is 62.5 Å². The summed E-state index contributed by atoms with van der Waals surface area (Å²) >= 11 is 0. The average Bonchev–Trinajstić information content (AvgIpc) is 2.88. The average molecular weight is 1200 g/mol. The minimum Gasteiger partial charge on any atom is -0.445 e. The van der Waals surface area contributed by atoms with Crippen LogP contribution in [-0.2, 0) is 60.8 Å². The number of methoxy groups -OCH3 is 2. The molecule has 1 fully saturated rings. The van der Waals surface area contributed by atoms with Crippen molar-refractivity contribution >= 4 is 53.2 Å². The molecule has 86 heavy (non-hydrogen) atoms. The van der Waals surface area contributed by atoms with E-state index in [1.165, 1.54) is 26.2 Å². The lowest BCUT2D eigenvalue weighted by atomic mass is 9.88. The first kappa shape index (κ1) is 73.4. The highest BCUT2D eigenvalue weighted by atomic mass is 16.6. The van der Waals surface area contributed by atoms with Crippen molar-refractivity contribution in [2.45, 2.75) is 195 Å². The Bertz CT molecular complexity index is 2570. The first-order valence-electron chi connectivity index (χ1n) is 30.4. The molecule has 0 radical (unpaired) electrons. The van der Waals surface area contributed by atoms with Crippen molar-refractivity contribution in [2.75, 3.05) is 41.4 Å². The fourth-order valence-corrected chi connectivity index (χ4v) is 11.3. The quantitative estimate of drug-likeness (QED) is 0.0325. The number of aliphatic hydroxyl groups excluding tert-OH is 1. The van der Waals surface area contributed by atoms with Gasteiger partial charge in [0.25, 0.3) is 0 Å². The van der Waals surface area contributed by atoms with Crippen LogP contribution in [0.5, 0.6) is 0 Å². The van der Waals surface area contributed by atoms with E-state index in [1.54, 1.807) is 80.9 Å². The lowest BCUT2D eigenvalue weighted by Gasteiger charge is -2.41. The number of ketones is 2. The molecule has 2 aromatic carbocycles. The normalized spacial score (nSPS) is 17.1. The topological polar surface area (TPSA) is 285 Å². The number of nitrogens with zero attached hydrogens (tertiary/aromatic N) is 3. The van der Waals surface area contributed by atoms with E-state index >= 15 is 0 Å². The number of aliphatic hydroxyl groups is 1. The highest BCUT2D eigenvalue weighted by Gasteiger charge is 2.44. The molecule has 0 aliphatic carbocycles. The molecule has 0 aromatic heterocycles. The summed E-state index contributed by atoms with van der Waals surface area (Å²) < 4.78 is 17.7. The largest absolute Gasteiger partial charge is 0.445 e. The number of nitrogens with two attached hydrogens (primary N) is 1. The number of Topliss-reactive ketones (excluding diaryl/α,β-unsaturated/α-hetero) is 2. The highest BCUT2D eigenvalue weighted by Crippen LogP contribution is 2.31. The number of benzene rings is 2. The van der Waals surface area contributed by atoms with Crippen molar-refractivity contribution in [1.29, 1.82) is 0 Å². The molecule has 3 rings (SSSR count). The zero-order valence-corrected chi connectivity index (χ0v) is 53.4. The minimum absolute atomic E-state index is 0.0163. The van der Waals surface area contributed by atoms with E-state index in [0.29, 0.717) is 48.9 Å². The third kappa shape index (κ3) is 21.8. The van der Waals surface area contributed by atoms with E-state index in [-0.39, 0.29) is 86.9 Å². The van der Waals surface area contributed by atoms with Gasteiger partial charge in [0, 0.05) is 73.0 Å². The van der Waals surface area contributed by atoms with Crippen LogP contribution >= 0.6 is 0 Å². The summed E-state index contributed by atoms with van der Waals surface area (Å²) in [5.41, 5.74) is 7.11. The second-order valence-electron chi connectivity index (χ2n) is 24.1. The van der Waals surface area contributed by atoms with Gasteiger partial charge in [0.05, 0.1) is 54.8 Å². The molecule has 478 valence electrons. The van der Waals surface area contributed by atoms with E-state index < -0.39 is 108 Å². The van der Waals surface area contributed by atoms with Gasteiger partial charge in [0.1, 0.15) is 24.5 Å². The Morgan fingerprint density at radius 1 is 0.791 bits per heavy atom. The SMILES string of the molecule is C#CCCC(=O)C[C@H](C(=O)N[C@@H](CCCNC(N)=O)C(=O)Cc1ccc(COC(=O)N(C)[C@@H](C(=O)N[C@@H](C(=O)N(C)[C@H]([C@H](C)CC)[C@H](CC(=O)N2CCCC2[C@@H](OC)[C@H](C)C(=O)N[C@@H](C)[C@H](O)c2ccccc2)OC)C(C)C)C(C)C)cc1)C(C)C. The van der Waals surface area contributed by atoms with E-state index in [2.05, 4.69) is 27.2 Å². The van der Waals surface area contributed by atoms with Crippen LogP contribution in [0.15, 0.2) is 54.6 Å². The predicted octanol–water partition coefficient (Wildman–Crippen LogP) is 6.27. The van der Waals surface area contributed by atoms with E-state index in [1.807, 2.05) is 59.7 Å². The molecular weight excluding hydrogens is 1100 g/mol. The number of carbonyl (C=O) groups is 9. The van der Waals surface area contributed by atoms with Gasteiger partial charge in [0.15, 0.2) is 5.78 Å². The van der Waals surface area contributed by atoms with Gasteiger partial charge in [-0.05, 0) is 73.0 Å². The third-order valence-electron chi connectivity index (χ3n) is 16.7. The molecule has 7 N–H and O–H groups in total. The van der Waals surface area contributed by atoms with Crippen molar-refractivity contribution in [3.8, 4) is 12.3 Å². The van der Waals surface area contributed by atoms with Gasteiger partial charge in [-0.15, -0.1) is 12.3 Å². The van der Waals surface area contributed by atoms with Gasteiger partial charge < -0.3 is 56.1 Å². The molecule has 1 unspecified atom stereocenters. The second-order valence-corrected chi connectivity index (χ2v) is 24.1. The van der Waals surface area contributed by atoms with Gasteiger partial charge in [-0.25, -0.2) is 9.59 Å². The Hall–Kier alpha value is -6.89. The molecule has 1 aliphatic heterocycles. The van der Waals surface area contributed by atoms with Gasteiger partial charge in [-0.3, -0.25) is 38.5 Å². The lowest BCUT2D eigenvalue weighted by Crippen LogP contribution is -2.60. The Morgan fingerprint density at radius 3 is 1.99 bits per heavy atom. The highest BCUT2D eigenvalue weighted by molar-refractivity contribution is 5.93. The van der Waals surface area contributed by atoms with Crippen LogP contribution in [-0.4, -0.2) is 163 Å². The number of ether oxygens (including phenoxy) is 3. The van der Waals surface area contributed by atoms with Gasteiger partial charge in [-0.2, -0.15) is 0 Å². The van der Waals surface area contributed by atoms with Crippen molar-refractivity contribution in [3.63, 3.8) is 0 Å². The van der Waals surface area contributed by atoms with Crippen molar-refractivity contribution in [1.82, 2.24) is 36.0 Å². The Labute approximate surface area is 510 Å². The number of primary amides is 1. The molecule has 0 spiro atoms. The summed E-state index contributed by atoms with van der Waals surface area (Å²) in [4.78, 5) is 127. The van der Waals surface area contributed by atoms with E-state index in [0.717, 1.165) is 0 Å². The molecule has 0 saturated carbocycles. The maximum Gasteiger partial charge on any atom is 0.410 e. The van der Waals surface area contributed by atoms with Crippen LogP contribution in [0.25, 0.3) is 0 Å². The number of hydrogen-bond acceptors (Lipinski definition) is 13. The molecule has 2 aromatic rings. The number of terminal acetylenes is 1. The van der Waals surface area contributed by atoms with Crippen LogP contribution in [0.3, 0.4) is 0 Å². The van der Waals surface area contributed by atoms with Crippen LogP contribution in [0, 0.1) is 47.9 Å². The number of likely N-dealkylation sites (tertiary alicyclic amines) is 1. The number of rotatable bonds is 36. The minimum atomic E-state index is -1.06. The zero-order valence-electron chi connectivity index (χ0n) is 53.4. The molecule has 0 bridgehead atoms. The zero-order chi connectivity index (χ0) is 64.5. The van der Waals surface area contributed by atoms with Gasteiger partial charge in [0.2, 0.25) is 29.5 Å². The molecule has 1 aliphatic rings. The molecule has 12 atom stereocenters. The summed E-state index contributed by atoms with van der Waals surface area (Å²) in [5.74, 6) is -2.50.